The highest BCUT2D eigenvalue weighted by molar-refractivity contribution is 5.87. The van der Waals surface area contributed by atoms with E-state index in [2.05, 4.69) is 20.3 Å². The van der Waals surface area contributed by atoms with Crippen LogP contribution in [0.2, 0.25) is 0 Å². The maximum Gasteiger partial charge on any atom is 0.308 e. The van der Waals surface area contributed by atoms with Crippen molar-refractivity contribution in [3.63, 3.8) is 0 Å². The summed E-state index contributed by atoms with van der Waals surface area (Å²) in [6.45, 7) is 11.6. The molecule has 0 spiro atoms. The number of nitrogens with zero attached hydrogens (tertiary/aromatic N) is 4. The van der Waals surface area contributed by atoms with Crippen molar-refractivity contribution in [2.45, 2.75) is 116 Å². The number of amides is 1. The van der Waals surface area contributed by atoms with Crippen LogP contribution in [0.15, 0.2) is 49.1 Å². The number of methoxy groups -OCH3 is 1. The zero-order valence-electron chi connectivity index (χ0n) is 33.4. The summed E-state index contributed by atoms with van der Waals surface area (Å²) >= 11 is 0. The molecule has 56 heavy (non-hydrogen) atoms. The maximum atomic E-state index is 13.9. The molecule has 1 fully saturated rings. The predicted octanol–water partition coefficient (Wildman–Crippen LogP) is 5.08. The van der Waals surface area contributed by atoms with Crippen LogP contribution in [-0.4, -0.2) is 79.4 Å². The molecule has 5 N–H and O–H groups in total. The number of hydrogen-bond acceptors (Lipinski definition) is 12. The minimum atomic E-state index is -1.24. The van der Waals surface area contributed by atoms with Gasteiger partial charge in [0, 0.05) is 43.2 Å². The van der Waals surface area contributed by atoms with Crippen molar-refractivity contribution in [1.29, 1.82) is 0 Å². The molecule has 2 aromatic carbocycles. The second kappa shape index (κ2) is 18.4. The summed E-state index contributed by atoms with van der Waals surface area (Å²) in [5, 5.41) is 25.2. The second-order valence-electron chi connectivity index (χ2n) is 15.7. The van der Waals surface area contributed by atoms with Gasteiger partial charge in [-0.2, -0.15) is 0 Å². The molecule has 0 radical (unpaired) electrons. The summed E-state index contributed by atoms with van der Waals surface area (Å²) in [6.07, 6.45) is 1.67. The number of nitrogens with one attached hydrogen (secondary N) is 1. The molecule has 0 saturated carbocycles. The first-order chi connectivity index (χ1) is 26.6. The summed E-state index contributed by atoms with van der Waals surface area (Å²) in [6, 6.07) is 11.5. The summed E-state index contributed by atoms with van der Waals surface area (Å²) < 4.78 is 18.6. The fraction of sp³-hybridized carbons (Fsp3) is 0.524. The van der Waals surface area contributed by atoms with E-state index >= 15 is 0 Å². The monoisotopic (exact) mass is 772 g/mol. The molecule has 3 heterocycles. The normalized spacial score (nSPS) is 19.4. The van der Waals surface area contributed by atoms with Gasteiger partial charge in [-0.05, 0) is 80.3 Å². The molecule has 6 atom stereocenters. The predicted molar refractivity (Wildman–Crippen MR) is 211 cm³/mol. The van der Waals surface area contributed by atoms with E-state index < -0.39 is 41.8 Å². The molecule has 14 heteroatoms. The van der Waals surface area contributed by atoms with Gasteiger partial charge in [-0.3, -0.25) is 19.0 Å². The smallest absolute Gasteiger partial charge is 0.308 e. The van der Waals surface area contributed by atoms with E-state index in [0.717, 1.165) is 34.4 Å². The molecule has 302 valence electrons. The van der Waals surface area contributed by atoms with Gasteiger partial charge in [-0.15, -0.1) is 0 Å². The molecule has 14 nitrogen and oxygen atoms in total. The van der Waals surface area contributed by atoms with Crippen LogP contribution in [-0.2, 0) is 31.0 Å². The number of anilines is 1. The van der Waals surface area contributed by atoms with Crippen LogP contribution in [0, 0.1) is 25.7 Å². The van der Waals surface area contributed by atoms with Crippen molar-refractivity contribution in [2.24, 2.45) is 11.8 Å². The van der Waals surface area contributed by atoms with Crippen LogP contribution in [0.5, 0.6) is 11.5 Å². The zero-order valence-corrected chi connectivity index (χ0v) is 33.4. The zero-order chi connectivity index (χ0) is 40.7. The number of aliphatic hydroxyl groups excluding tert-OH is 2. The third kappa shape index (κ3) is 10.1. The van der Waals surface area contributed by atoms with Gasteiger partial charge in [0.05, 0.1) is 19.5 Å². The highest BCUT2D eigenvalue weighted by Crippen LogP contribution is 2.40. The second-order valence-corrected chi connectivity index (χ2v) is 15.7. The average Bonchev–Trinajstić information content (AvgIpc) is 3.69. The number of benzene rings is 2. The van der Waals surface area contributed by atoms with Crippen LogP contribution < -0.4 is 20.5 Å². The number of fused-ring (bicyclic) bond motifs is 1. The summed E-state index contributed by atoms with van der Waals surface area (Å²) in [7, 11) is 1.61. The van der Waals surface area contributed by atoms with Crippen molar-refractivity contribution in [2.75, 3.05) is 19.4 Å². The van der Waals surface area contributed by atoms with Crippen molar-refractivity contribution in [3.8, 4) is 11.5 Å². The van der Waals surface area contributed by atoms with Gasteiger partial charge < -0.3 is 35.5 Å². The molecule has 5 rings (SSSR count). The Morgan fingerprint density at radius 3 is 2.46 bits per heavy atom. The van der Waals surface area contributed by atoms with Crippen LogP contribution in [0.4, 0.5) is 5.82 Å². The van der Waals surface area contributed by atoms with E-state index in [1.165, 1.54) is 19.6 Å². The number of ketones is 1. The van der Waals surface area contributed by atoms with Crippen LogP contribution in [0.3, 0.4) is 0 Å². The van der Waals surface area contributed by atoms with Crippen molar-refractivity contribution >= 4 is 34.6 Å². The van der Waals surface area contributed by atoms with E-state index in [-0.39, 0.29) is 36.3 Å². The van der Waals surface area contributed by atoms with Crippen molar-refractivity contribution in [1.82, 2.24) is 24.8 Å². The fourth-order valence-electron chi connectivity index (χ4n) is 8.02. The molecule has 0 bridgehead atoms. The highest BCUT2D eigenvalue weighted by atomic mass is 16.6. The molecule has 2 aromatic heterocycles. The molecular weight excluding hydrogens is 716 g/mol. The number of ether oxygens (including phenoxy) is 3. The Balaban J connectivity index is 1.28. The average molecular weight is 773 g/mol. The minimum absolute atomic E-state index is 0.0146. The lowest BCUT2D eigenvalue weighted by molar-refractivity contribution is -0.132. The van der Waals surface area contributed by atoms with Gasteiger partial charge in [0.25, 0.3) is 0 Å². The molecule has 1 aliphatic rings. The van der Waals surface area contributed by atoms with Crippen molar-refractivity contribution < 1.29 is 38.8 Å². The molecule has 4 aromatic rings. The lowest BCUT2D eigenvalue weighted by atomic mass is 9.75. The van der Waals surface area contributed by atoms with E-state index in [4.69, 9.17) is 19.9 Å². The first-order valence-corrected chi connectivity index (χ1v) is 19.3. The maximum absolute atomic E-state index is 13.9. The number of nitrogen functional groups attached to an aromatic ring is 1. The number of esters is 1. The number of imidazole rings is 1. The quantitative estimate of drug-likeness (QED) is 0.0774. The number of aryl methyl sites for hydroxylation is 2. The molecular formula is C42H56N6O8. The van der Waals surface area contributed by atoms with E-state index in [1.807, 2.05) is 71.0 Å². The summed E-state index contributed by atoms with van der Waals surface area (Å²) in [5.74, 6) is 0.0756. The number of carbonyl (C=O) groups is 3. The van der Waals surface area contributed by atoms with E-state index in [9.17, 15) is 24.6 Å². The standard InChI is InChI=1S/C42H56N6O8/c1-8-27(19-33-36(51)37(52)41(56-33)48-23-47-35-38(43)45-22-46-39(35)48)9-12-29(40(53)44-16-15-28-10-13-31(54-7)14-11-28)20-30(50)21-42(5,6)34-25(3)17-24(2)18-32(34)55-26(4)49/h10-11,13-14,17-18,22-23,27,29,33,36-37,41,51-52H,8-9,12,15-16,19-21H2,1-7H3,(H,44,53)(H2,43,45,46)/t27-,29+,33+,36?,37-,41+/m0/s1. The first kappa shape index (κ1) is 42.2. The van der Waals surface area contributed by atoms with Gasteiger partial charge in [-0.25, -0.2) is 15.0 Å². The minimum Gasteiger partial charge on any atom is -0.497 e. The number of Topliss-reactive ketones (excluding diaryl/α,β-unsaturated/α-hetero) is 1. The molecule has 1 amide bonds. The first-order valence-electron chi connectivity index (χ1n) is 19.3. The summed E-state index contributed by atoms with van der Waals surface area (Å²) in [4.78, 5) is 52.3. The topological polar surface area (TPSA) is 201 Å². The molecule has 0 aliphatic carbocycles. The number of aliphatic hydroxyl groups is 2. The number of carbonyl (C=O) groups excluding carboxylic acids is 3. The van der Waals surface area contributed by atoms with Gasteiger partial charge >= 0.3 is 5.97 Å². The van der Waals surface area contributed by atoms with E-state index in [0.29, 0.717) is 49.1 Å². The third-order valence-corrected chi connectivity index (χ3v) is 10.8. The Morgan fingerprint density at radius 1 is 1.05 bits per heavy atom. The number of hydrogen-bond donors (Lipinski definition) is 4. The Hall–Kier alpha value is -4.92. The lowest BCUT2D eigenvalue weighted by Gasteiger charge is -2.29. The SMILES string of the molecule is CC[C@@H](CC[C@H](CC(=O)CC(C)(C)c1c(C)cc(C)cc1OC(C)=O)C(=O)NCCc1ccc(OC)cc1)C[C@H]1O[C@@H](n2cnc3c(N)ncnc32)[C@@H](O)C1O. The van der Waals surface area contributed by atoms with Crippen molar-refractivity contribution in [3.05, 3.63) is 71.3 Å². The number of aromatic nitrogens is 4. The Bertz CT molecular complexity index is 2000. The Labute approximate surface area is 328 Å². The number of nitrogens with two attached hydrogens (primary N) is 1. The third-order valence-electron chi connectivity index (χ3n) is 10.8. The van der Waals surface area contributed by atoms with Gasteiger partial charge in [0.1, 0.15) is 41.3 Å². The molecule has 1 aliphatic heterocycles. The lowest BCUT2D eigenvalue weighted by Crippen LogP contribution is -2.35. The van der Waals surface area contributed by atoms with Crippen LogP contribution >= 0.6 is 0 Å². The highest BCUT2D eigenvalue weighted by Gasteiger charge is 2.45. The van der Waals surface area contributed by atoms with Crippen LogP contribution in [0.25, 0.3) is 11.2 Å². The molecule has 1 saturated heterocycles. The Kier molecular flexibility index (Phi) is 13.8. The fourth-order valence-corrected chi connectivity index (χ4v) is 8.02. The largest absolute Gasteiger partial charge is 0.497 e. The van der Waals surface area contributed by atoms with Gasteiger partial charge in [0.2, 0.25) is 5.91 Å². The van der Waals surface area contributed by atoms with Crippen LogP contribution in [0.1, 0.15) is 94.7 Å². The van der Waals surface area contributed by atoms with Gasteiger partial charge in [-0.1, -0.05) is 45.4 Å². The Morgan fingerprint density at radius 2 is 1.79 bits per heavy atom. The molecule has 1 unspecified atom stereocenters. The summed E-state index contributed by atoms with van der Waals surface area (Å²) in [5.41, 5.74) is 9.71. The number of rotatable bonds is 18. The van der Waals surface area contributed by atoms with Gasteiger partial charge in [0.15, 0.2) is 17.7 Å². The van der Waals surface area contributed by atoms with E-state index in [1.54, 1.807) is 11.7 Å².